The average molecular weight is 518 g/mol. The molecule has 0 spiro atoms. The van der Waals surface area contributed by atoms with E-state index in [9.17, 15) is 14.0 Å². The van der Waals surface area contributed by atoms with Gasteiger partial charge in [-0.25, -0.2) is 9.37 Å². The van der Waals surface area contributed by atoms with Crippen molar-refractivity contribution in [1.29, 1.82) is 0 Å². The smallest absolute Gasteiger partial charge is 0.233 e. The van der Waals surface area contributed by atoms with E-state index in [-0.39, 0.29) is 22.6 Å². The van der Waals surface area contributed by atoms with Crippen LogP contribution in [-0.2, 0) is 9.59 Å². The first kappa shape index (κ1) is 24.1. The molecule has 7 aliphatic rings. The molecule has 7 aliphatic carbocycles. The Kier molecular flexibility index (Phi) is 5.25. The van der Waals surface area contributed by atoms with Crippen molar-refractivity contribution in [3.8, 4) is 17.0 Å². The van der Waals surface area contributed by atoms with E-state index in [1.54, 1.807) is 13.3 Å². The number of hydrogen-bond donors (Lipinski definition) is 1. The monoisotopic (exact) mass is 517 g/mol. The predicted octanol–water partition coefficient (Wildman–Crippen LogP) is 5.60. The molecule has 2 aromatic rings. The van der Waals surface area contributed by atoms with Crippen molar-refractivity contribution in [2.45, 2.75) is 82.3 Å². The number of nitrogens with zero attached hydrogens (tertiary/aromatic N) is 2. The van der Waals surface area contributed by atoms with Gasteiger partial charge in [0.2, 0.25) is 17.7 Å². The maximum absolute atomic E-state index is 14.5. The minimum Gasteiger partial charge on any atom is -0.481 e. The number of anilines is 1. The van der Waals surface area contributed by atoms with Gasteiger partial charge in [-0.3, -0.25) is 9.59 Å². The van der Waals surface area contributed by atoms with Crippen LogP contribution in [0.2, 0.25) is 0 Å². The van der Waals surface area contributed by atoms with Gasteiger partial charge in [-0.15, -0.1) is 0 Å². The van der Waals surface area contributed by atoms with Crippen LogP contribution in [0.5, 0.6) is 5.88 Å². The van der Waals surface area contributed by atoms with Crippen molar-refractivity contribution in [3.63, 3.8) is 0 Å². The number of methoxy groups -OCH3 is 1. The van der Waals surface area contributed by atoms with Crippen LogP contribution in [-0.4, -0.2) is 42.2 Å². The number of aromatic nitrogens is 1. The molecule has 0 unspecified atom stereocenters. The largest absolute Gasteiger partial charge is 0.481 e. The summed E-state index contributed by atoms with van der Waals surface area (Å²) in [5.41, 5.74) is 0.931. The second kappa shape index (κ2) is 8.27. The maximum atomic E-state index is 14.5. The van der Waals surface area contributed by atoms with Gasteiger partial charge in [-0.2, -0.15) is 0 Å². The second-order valence-corrected chi connectivity index (χ2v) is 13.0. The first-order valence-corrected chi connectivity index (χ1v) is 14.2. The minimum absolute atomic E-state index is 0.00407. The number of hydrogen-bond acceptors (Lipinski definition) is 4. The molecule has 2 amide bonds. The Bertz CT molecular complexity index is 1260. The minimum atomic E-state index is -1.13. The molecular weight excluding hydrogens is 481 g/mol. The molecule has 0 radical (unpaired) electrons. The van der Waals surface area contributed by atoms with E-state index < -0.39 is 11.1 Å². The zero-order valence-corrected chi connectivity index (χ0v) is 22.1. The van der Waals surface area contributed by atoms with Crippen LogP contribution < -0.4 is 15.0 Å². The molecule has 200 valence electrons. The van der Waals surface area contributed by atoms with Crippen LogP contribution in [0.25, 0.3) is 11.1 Å². The van der Waals surface area contributed by atoms with E-state index in [1.807, 2.05) is 35.2 Å². The van der Waals surface area contributed by atoms with Gasteiger partial charge in [0.25, 0.3) is 0 Å². The van der Waals surface area contributed by atoms with E-state index in [4.69, 9.17) is 4.74 Å². The first-order valence-electron chi connectivity index (χ1n) is 14.2. The number of rotatable bonds is 8. The number of ether oxygens (including phenoxy) is 1. The standard InChI is InChI=1S/C31H36FN3O3/c1-38-25-16-22(7-14-33-25)21-3-2-4-24(15-21)35(27(37)30-17-31(32,18-30)19-30)20-28-8-11-29(12-9-28,13-10-28)26(36)34-23-5-6-23/h2-4,7,14-16,23H,5-6,8-13,17-20H2,1H3,(H,34,36). The molecule has 1 aromatic heterocycles. The number of amides is 2. The number of nitrogens with one attached hydrogen (secondary N) is 1. The van der Waals surface area contributed by atoms with Crippen LogP contribution in [0.3, 0.4) is 0 Å². The van der Waals surface area contributed by atoms with Crippen LogP contribution in [0.1, 0.15) is 70.6 Å². The lowest BCUT2D eigenvalue weighted by atomic mass is 9.41. The fourth-order valence-corrected chi connectivity index (χ4v) is 7.75. The van der Waals surface area contributed by atoms with E-state index in [0.29, 0.717) is 37.7 Å². The van der Waals surface area contributed by atoms with Crippen molar-refractivity contribution in [2.75, 3.05) is 18.6 Å². The topological polar surface area (TPSA) is 71.5 Å². The summed E-state index contributed by atoms with van der Waals surface area (Å²) in [6, 6.07) is 12.3. The lowest BCUT2D eigenvalue weighted by Gasteiger charge is -2.65. The van der Waals surface area contributed by atoms with Crippen LogP contribution in [0.15, 0.2) is 42.6 Å². The van der Waals surface area contributed by atoms with E-state index in [1.165, 1.54) is 0 Å². The van der Waals surface area contributed by atoms with Crippen LogP contribution in [0, 0.1) is 16.2 Å². The highest BCUT2D eigenvalue weighted by atomic mass is 19.1. The third-order valence-corrected chi connectivity index (χ3v) is 10.4. The summed E-state index contributed by atoms with van der Waals surface area (Å²) in [7, 11) is 1.60. The third kappa shape index (κ3) is 3.84. The Labute approximate surface area is 223 Å². The van der Waals surface area contributed by atoms with E-state index >= 15 is 0 Å². The highest BCUT2D eigenvalue weighted by molar-refractivity contribution is 6.00. The maximum Gasteiger partial charge on any atom is 0.233 e. The predicted molar refractivity (Wildman–Crippen MR) is 142 cm³/mol. The highest BCUT2D eigenvalue weighted by Crippen LogP contribution is 2.70. The molecular formula is C31H36FN3O3. The summed E-state index contributed by atoms with van der Waals surface area (Å²) in [4.78, 5) is 33.4. The van der Waals surface area contributed by atoms with Gasteiger partial charge < -0.3 is 15.0 Å². The second-order valence-electron chi connectivity index (χ2n) is 13.0. The molecule has 6 nitrogen and oxygen atoms in total. The van der Waals surface area contributed by atoms with Gasteiger partial charge in [-0.05, 0) is 105 Å². The summed E-state index contributed by atoms with van der Waals surface area (Å²) in [5.74, 6) is 0.869. The van der Waals surface area contributed by atoms with Gasteiger partial charge in [0.05, 0.1) is 12.5 Å². The van der Waals surface area contributed by atoms with Gasteiger partial charge in [-0.1, -0.05) is 12.1 Å². The summed E-state index contributed by atoms with van der Waals surface area (Å²) in [6.07, 6.45) is 10.5. The quantitative estimate of drug-likeness (QED) is 0.495. The molecule has 38 heavy (non-hydrogen) atoms. The highest BCUT2D eigenvalue weighted by Gasteiger charge is 2.73. The summed E-state index contributed by atoms with van der Waals surface area (Å²) in [5, 5.41) is 3.26. The van der Waals surface area contributed by atoms with Crippen molar-refractivity contribution >= 4 is 17.5 Å². The van der Waals surface area contributed by atoms with Crippen LogP contribution in [0.4, 0.5) is 10.1 Å². The Balaban J connectivity index is 1.16. The fraction of sp³-hybridized carbons (Fsp3) is 0.581. The molecule has 4 bridgehead atoms. The Morgan fingerprint density at radius 3 is 2.32 bits per heavy atom. The SMILES string of the molecule is COc1cc(-c2cccc(N(CC34CCC(C(=O)NC5CC5)(CC3)CC4)C(=O)C34CC(F)(C3)C4)c2)ccn1. The van der Waals surface area contributed by atoms with E-state index in [2.05, 4.69) is 16.4 Å². The summed E-state index contributed by atoms with van der Waals surface area (Å²) < 4.78 is 19.8. The van der Waals surface area contributed by atoms with Gasteiger partial charge >= 0.3 is 0 Å². The zero-order valence-electron chi connectivity index (χ0n) is 22.1. The number of carbonyl (C=O) groups is 2. The Morgan fingerprint density at radius 2 is 1.68 bits per heavy atom. The van der Waals surface area contributed by atoms with Crippen LogP contribution >= 0.6 is 0 Å². The van der Waals surface area contributed by atoms with Crippen molar-refractivity contribution in [2.24, 2.45) is 16.2 Å². The molecule has 1 aromatic carbocycles. The summed E-state index contributed by atoms with van der Waals surface area (Å²) in [6.45, 7) is 0.635. The van der Waals surface area contributed by atoms with Crippen molar-refractivity contribution < 1.29 is 18.7 Å². The number of benzene rings is 1. The molecule has 0 saturated heterocycles. The molecule has 1 N–H and O–H groups in total. The van der Waals surface area contributed by atoms with E-state index in [0.717, 1.165) is 68.2 Å². The first-order chi connectivity index (χ1) is 18.3. The number of alkyl halides is 1. The number of halogens is 1. The lowest BCUT2D eigenvalue weighted by molar-refractivity contribution is -0.211. The fourth-order valence-electron chi connectivity index (χ4n) is 7.75. The Hall–Kier alpha value is -2.96. The average Bonchev–Trinajstić information content (AvgIpc) is 3.74. The molecule has 7 saturated carbocycles. The normalized spacial score (nSPS) is 34.6. The number of carbonyl (C=O) groups excluding carboxylic acids is 2. The molecule has 1 heterocycles. The van der Waals surface area contributed by atoms with Crippen molar-refractivity contribution in [1.82, 2.24) is 10.3 Å². The molecule has 7 fully saturated rings. The molecule has 9 rings (SSSR count). The van der Waals surface area contributed by atoms with Gasteiger partial charge in [0, 0.05) is 36.0 Å². The van der Waals surface area contributed by atoms with Gasteiger partial charge in [0.1, 0.15) is 5.67 Å². The Morgan fingerprint density at radius 1 is 1.00 bits per heavy atom. The zero-order chi connectivity index (χ0) is 26.2. The number of fused-ring (bicyclic) bond motifs is 3. The molecule has 7 heteroatoms. The van der Waals surface area contributed by atoms with Crippen molar-refractivity contribution in [3.05, 3.63) is 42.6 Å². The van der Waals surface area contributed by atoms with Gasteiger partial charge in [0.15, 0.2) is 0 Å². The lowest BCUT2D eigenvalue weighted by Crippen LogP contribution is -2.71. The summed E-state index contributed by atoms with van der Waals surface area (Å²) >= 11 is 0. The molecule has 0 atom stereocenters. The number of pyridine rings is 1. The third-order valence-electron chi connectivity index (χ3n) is 10.4. The molecule has 0 aliphatic heterocycles.